The molecule has 0 aliphatic heterocycles. The minimum absolute atomic E-state index is 0.0883. The molecule has 0 saturated carbocycles. The second-order valence-electron chi connectivity index (χ2n) is 5.22. The van der Waals surface area contributed by atoms with Crippen LogP contribution in [0.3, 0.4) is 0 Å². The van der Waals surface area contributed by atoms with E-state index in [0.717, 1.165) is 5.56 Å². The summed E-state index contributed by atoms with van der Waals surface area (Å²) in [6.45, 7) is 0.455. The number of carbonyl (C=O) groups excluding carboxylic acids is 1. The Morgan fingerprint density at radius 2 is 1.96 bits per heavy atom. The number of rotatable bonds is 5. The van der Waals surface area contributed by atoms with E-state index in [0.29, 0.717) is 29.2 Å². The topological polar surface area (TPSA) is 55.1 Å². The molecule has 0 spiro atoms. The first-order valence-corrected chi connectivity index (χ1v) is 7.75. The van der Waals surface area contributed by atoms with Crippen LogP contribution in [0.4, 0.5) is 4.39 Å². The Balaban J connectivity index is 1.58. The summed E-state index contributed by atoms with van der Waals surface area (Å²) in [5.41, 5.74) is 2.04. The number of nitrogens with one attached hydrogen (secondary N) is 1. The predicted octanol–water partition coefficient (Wildman–Crippen LogP) is 4.11. The minimum atomic E-state index is -0.371. The van der Waals surface area contributed by atoms with Gasteiger partial charge in [-0.15, -0.1) is 0 Å². The lowest BCUT2D eigenvalue weighted by molar-refractivity contribution is 0.0917. The molecule has 1 N–H and O–H groups in total. The van der Waals surface area contributed by atoms with E-state index in [4.69, 9.17) is 16.1 Å². The van der Waals surface area contributed by atoms with E-state index in [2.05, 4.69) is 10.5 Å². The molecule has 0 aliphatic rings. The van der Waals surface area contributed by atoms with Crippen LogP contribution in [0.2, 0.25) is 5.02 Å². The lowest BCUT2D eigenvalue weighted by Crippen LogP contribution is -2.25. The summed E-state index contributed by atoms with van der Waals surface area (Å²) < 4.78 is 18.3. The predicted molar refractivity (Wildman–Crippen MR) is 89.4 cm³/mol. The molecule has 0 aliphatic carbocycles. The van der Waals surface area contributed by atoms with E-state index in [1.807, 2.05) is 12.1 Å². The highest BCUT2D eigenvalue weighted by atomic mass is 35.5. The quantitative estimate of drug-likeness (QED) is 0.758. The molecule has 0 atom stereocenters. The Hall–Kier alpha value is -2.66. The van der Waals surface area contributed by atoms with Crippen LogP contribution in [0.25, 0.3) is 11.3 Å². The van der Waals surface area contributed by atoms with Crippen molar-refractivity contribution in [3.05, 3.63) is 76.8 Å². The van der Waals surface area contributed by atoms with Gasteiger partial charge in [-0.1, -0.05) is 41.0 Å². The summed E-state index contributed by atoms with van der Waals surface area (Å²) >= 11 is 5.83. The Bertz CT molecular complexity index is 846. The second kappa shape index (κ2) is 7.27. The Morgan fingerprint density at radius 3 is 2.71 bits per heavy atom. The van der Waals surface area contributed by atoms with E-state index in [1.54, 1.807) is 24.3 Å². The van der Waals surface area contributed by atoms with E-state index in [1.165, 1.54) is 18.2 Å². The molecule has 2 aromatic carbocycles. The molecule has 0 bridgehead atoms. The summed E-state index contributed by atoms with van der Waals surface area (Å²) in [5.74, 6) is -0.644. The molecular formula is C18H14ClFN2O2. The van der Waals surface area contributed by atoms with Gasteiger partial charge < -0.3 is 9.84 Å². The molecule has 0 unspecified atom stereocenters. The zero-order valence-corrected chi connectivity index (χ0v) is 13.4. The largest absolute Gasteiger partial charge is 0.350 e. The van der Waals surface area contributed by atoms with Gasteiger partial charge in [-0.3, -0.25) is 4.79 Å². The molecule has 0 saturated heterocycles. The highest BCUT2D eigenvalue weighted by Crippen LogP contribution is 2.19. The van der Waals surface area contributed by atoms with Gasteiger partial charge in [0.15, 0.2) is 0 Å². The number of aromatic nitrogens is 1. The third-order valence-electron chi connectivity index (χ3n) is 3.47. The van der Waals surface area contributed by atoms with Crippen LogP contribution < -0.4 is 5.32 Å². The average Bonchev–Trinajstić information content (AvgIpc) is 3.07. The Kier molecular flexibility index (Phi) is 4.91. The van der Waals surface area contributed by atoms with Crippen LogP contribution in [-0.2, 0) is 6.42 Å². The highest BCUT2D eigenvalue weighted by Gasteiger charge is 2.13. The number of hydrogen-bond donors (Lipinski definition) is 1. The molecule has 122 valence electrons. The van der Waals surface area contributed by atoms with Gasteiger partial charge in [0, 0.05) is 23.2 Å². The van der Waals surface area contributed by atoms with Crippen molar-refractivity contribution in [1.82, 2.24) is 10.5 Å². The number of hydrogen-bond acceptors (Lipinski definition) is 3. The van der Waals surface area contributed by atoms with Gasteiger partial charge in [0.1, 0.15) is 11.5 Å². The lowest BCUT2D eigenvalue weighted by Gasteiger charge is -2.03. The number of benzene rings is 2. The fourth-order valence-corrected chi connectivity index (χ4v) is 2.35. The number of nitrogens with zero attached hydrogens (tertiary/aromatic N) is 1. The van der Waals surface area contributed by atoms with Gasteiger partial charge in [0.2, 0.25) is 5.76 Å². The van der Waals surface area contributed by atoms with Crippen LogP contribution in [0, 0.1) is 5.82 Å². The van der Waals surface area contributed by atoms with Crippen LogP contribution in [0.1, 0.15) is 16.1 Å². The summed E-state index contributed by atoms with van der Waals surface area (Å²) in [6, 6.07) is 14.9. The van der Waals surface area contributed by atoms with E-state index in [9.17, 15) is 9.18 Å². The molecule has 0 radical (unpaired) electrons. The monoisotopic (exact) mass is 344 g/mol. The zero-order chi connectivity index (χ0) is 16.9. The summed E-state index contributed by atoms with van der Waals surface area (Å²) in [6.07, 6.45) is 0.674. The normalized spacial score (nSPS) is 10.6. The van der Waals surface area contributed by atoms with Gasteiger partial charge in [0.25, 0.3) is 5.91 Å². The van der Waals surface area contributed by atoms with Gasteiger partial charge in [0.05, 0.1) is 0 Å². The molecule has 3 rings (SSSR count). The van der Waals surface area contributed by atoms with E-state index in [-0.39, 0.29) is 17.5 Å². The fraction of sp³-hybridized carbons (Fsp3) is 0.111. The van der Waals surface area contributed by atoms with Gasteiger partial charge in [-0.25, -0.2) is 4.39 Å². The third kappa shape index (κ3) is 4.00. The second-order valence-corrected chi connectivity index (χ2v) is 5.66. The first-order valence-electron chi connectivity index (χ1n) is 7.37. The first kappa shape index (κ1) is 16.2. The van der Waals surface area contributed by atoms with Gasteiger partial charge >= 0.3 is 0 Å². The molecule has 3 aromatic rings. The maximum atomic E-state index is 13.2. The van der Waals surface area contributed by atoms with E-state index < -0.39 is 0 Å². The summed E-state index contributed by atoms with van der Waals surface area (Å²) in [5, 5.41) is 7.24. The van der Waals surface area contributed by atoms with Crippen molar-refractivity contribution in [2.24, 2.45) is 0 Å². The Morgan fingerprint density at radius 1 is 1.17 bits per heavy atom. The molecule has 0 fully saturated rings. The molecule has 1 amide bonds. The lowest BCUT2D eigenvalue weighted by atomic mass is 10.1. The van der Waals surface area contributed by atoms with Crippen molar-refractivity contribution in [3.63, 3.8) is 0 Å². The smallest absolute Gasteiger partial charge is 0.289 e. The summed E-state index contributed by atoms with van der Waals surface area (Å²) in [7, 11) is 0. The zero-order valence-electron chi connectivity index (χ0n) is 12.6. The highest BCUT2D eigenvalue weighted by molar-refractivity contribution is 6.30. The van der Waals surface area contributed by atoms with Crippen LogP contribution in [-0.4, -0.2) is 17.6 Å². The summed E-state index contributed by atoms with van der Waals surface area (Å²) in [4.78, 5) is 12.1. The molecule has 1 aromatic heterocycles. The number of halogens is 2. The number of amides is 1. The van der Waals surface area contributed by atoms with Crippen LogP contribution >= 0.6 is 11.6 Å². The molecule has 1 heterocycles. The molecule has 6 heteroatoms. The SMILES string of the molecule is O=C(NCCc1ccc(Cl)cc1)c1cc(-c2cccc(F)c2)no1. The standard InChI is InChI=1S/C18H14ClFN2O2/c19-14-6-4-12(5-7-14)8-9-21-18(23)17-11-16(22-24-17)13-2-1-3-15(20)10-13/h1-7,10-11H,8-9H2,(H,21,23). The van der Waals surface area contributed by atoms with Crippen LogP contribution in [0.5, 0.6) is 0 Å². The van der Waals surface area contributed by atoms with Crippen LogP contribution in [0.15, 0.2) is 59.1 Å². The third-order valence-corrected chi connectivity index (χ3v) is 3.72. The maximum absolute atomic E-state index is 13.2. The van der Waals surface area contributed by atoms with E-state index >= 15 is 0 Å². The molecular weight excluding hydrogens is 331 g/mol. The van der Waals surface area contributed by atoms with Crippen molar-refractivity contribution in [2.45, 2.75) is 6.42 Å². The molecule has 24 heavy (non-hydrogen) atoms. The van der Waals surface area contributed by atoms with Gasteiger partial charge in [-0.05, 0) is 36.2 Å². The van der Waals surface area contributed by atoms with Gasteiger partial charge in [-0.2, -0.15) is 0 Å². The van der Waals surface area contributed by atoms with Crippen molar-refractivity contribution in [1.29, 1.82) is 0 Å². The molecule has 4 nitrogen and oxygen atoms in total. The van der Waals surface area contributed by atoms with Crippen molar-refractivity contribution < 1.29 is 13.7 Å². The Labute approximate surface area is 143 Å². The van der Waals surface area contributed by atoms with Crippen molar-refractivity contribution in [2.75, 3.05) is 6.54 Å². The van der Waals surface area contributed by atoms with Crippen molar-refractivity contribution in [3.8, 4) is 11.3 Å². The first-order chi connectivity index (χ1) is 11.6. The van der Waals surface area contributed by atoms with Crippen molar-refractivity contribution >= 4 is 17.5 Å². The minimum Gasteiger partial charge on any atom is -0.350 e. The maximum Gasteiger partial charge on any atom is 0.289 e. The fourth-order valence-electron chi connectivity index (χ4n) is 2.22. The number of carbonyl (C=O) groups is 1. The average molecular weight is 345 g/mol.